The van der Waals surface area contributed by atoms with Crippen LogP contribution in [0.15, 0.2) is 40.3 Å². The van der Waals surface area contributed by atoms with Gasteiger partial charge in [0.15, 0.2) is 0 Å². The Labute approximate surface area is 174 Å². The third-order valence-corrected chi connectivity index (χ3v) is 6.13. The Morgan fingerprint density at radius 3 is 2.62 bits per heavy atom. The summed E-state index contributed by atoms with van der Waals surface area (Å²) in [6.07, 6.45) is 4.45. The second-order valence-electron chi connectivity index (χ2n) is 8.68. The molecular formula is C24H35N3O2. The molecule has 3 atom stereocenters. The zero-order valence-electron chi connectivity index (χ0n) is 18.4. The third-order valence-electron chi connectivity index (χ3n) is 6.13. The molecule has 1 aliphatic rings. The average molecular weight is 398 g/mol. The molecule has 0 fully saturated rings. The van der Waals surface area contributed by atoms with Gasteiger partial charge in [-0.25, -0.2) is 0 Å². The van der Waals surface area contributed by atoms with Gasteiger partial charge in [-0.15, -0.1) is 10.2 Å². The highest BCUT2D eigenvalue weighted by atomic mass is 16.5. The van der Waals surface area contributed by atoms with Crippen molar-refractivity contribution in [2.24, 2.45) is 23.7 Å². The van der Waals surface area contributed by atoms with E-state index in [0.29, 0.717) is 29.6 Å². The molecule has 3 unspecified atom stereocenters. The summed E-state index contributed by atoms with van der Waals surface area (Å²) in [6.45, 7) is 11.7. The Balaban J connectivity index is 1.67. The largest absolute Gasteiger partial charge is 0.421 e. The van der Waals surface area contributed by atoms with E-state index in [9.17, 15) is 0 Å². The number of allylic oxidation sites excluding steroid dienone is 1. The van der Waals surface area contributed by atoms with Gasteiger partial charge >= 0.3 is 0 Å². The summed E-state index contributed by atoms with van der Waals surface area (Å²) >= 11 is 0. The molecule has 0 aliphatic heterocycles. The minimum Gasteiger partial charge on any atom is -0.421 e. The van der Waals surface area contributed by atoms with Crippen LogP contribution in [0.1, 0.15) is 38.6 Å². The number of nitrogens with zero attached hydrogens (tertiary/aromatic N) is 2. The van der Waals surface area contributed by atoms with E-state index in [4.69, 9.17) is 9.15 Å². The molecule has 1 aromatic carbocycles. The molecule has 3 rings (SSSR count). The van der Waals surface area contributed by atoms with Crippen molar-refractivity contribution in [1.82, 2.24) is 15.5 Å². The van der Waals surface area contributed by atoms with Crippen molar-refractivity contribution in [1.29, 1.82) is 0 Å². The fourth-order valence-corrected chi connectivity index (χ4v) is 4.31. The van der Waals surface area contributed by atoms with Gasteiger partial charge in [0.25, 0.3) is 0 Å². The Bertz CT molecular complexity index is 795. The number of benzene rings is 1. The van der Waals surface area contributed by atoms with E-state index in [2.05, 4.69) is 61.4 Å². The highest BCUT2D eigenvalue weighted by molar-refractivity contribution is 5.52. The molecule has 5 heteroatoms. The smallest absolute Gasteiger partial charge is 0.247 e. The number of rotatable bonds is 9. The van der Waals surface area contributed by atoms with Crippen LogP contribution in [-0.4, -0.2) is 37.0 Å². The predicted molar refractivity (Wildman–Crippen MR) is 117 cm³/mol. The van der Waals surface area contributed by atoms with E-state index in [1.807, 2.05) is 12.1 Å². The second kappa shape index (κ2) is 10.2. The maximum Gasteiger partial charge on any atom is 0.247 e. The minimum atomic E-state index is 0.462. The average Bonchev–Trinajstić information content (AvgIpc) is 3.16. The summed E-state index contributed by atoms with van der Waals surface area (Å²) in [7, 11) is 1.75. The van der Waals surface area contributed by atoms with Gasteiger partial charge in [0, 0.05) is 32.2 Å². The molecule has 0 saturated heterocycles. The molecule has 0 spiro atoms. The summed E-state index contributed by atoms with van der Waals surface area (Å²) in [5, 5.41) is 12.1. The molecule has 1 heterocycles. The van der Waals surface area contributed by atoms with E-state index >= 15 is 0 Å². The lowest BCUT2D eigenvalue weighted by Crippen LogP contribution is -2.35. The number of nitrogens with one attached hydrogen (secondary N) is 1. The number of hydrogen-bond acceptors (Lipinski definition) is 5. The third kappa shape index (κ3) is 5.77. The fourth-order valence-electron chi connectivity index (χ4n) is 4.31. The van der Waals surface area contributed by atoms with Crippen LogP contribution >= 0.6 is 0 Å². The van der Waals surface area contributed by atoms with E-state index in [1.165, 1.54) is 17.6 Å². The number of hydrogen-bond donors (Lipinski definition) is 1. The molecule has 5 nitrogen and oxygen atoms in total. The van der Waals surface area contributed by atoms with Crippen LogP contribution in [0.2, 0.25) is 0 Å². The first kappa shape index (κ1) is 21.7. The maximum absolute atomic E-state index is 6.00. The molecule has 0 bridgehead atoms. The first-order chi connectivity index (χ1) is 14.0. The zero-order valence-corrected chi connectivity index (χ0v) is 18.4. The Hall–Kier alpha value is -1.98. The second-order valence-corrected chi connectivity index (χ2v) is 8.68. The lowest BCUT2D eigenvalue weighted by atomic mass is 9.70. The van der Waals surface area contributed by atoms with Crippen molar-refractivity contribution in [3.8, 4) is 11.5 Å². The van der Waals surface area contributed by atoms with Crippen LogP contribution in [0.4, 0.5) is 0 Å². The first-order valence-corrected chi connectivity index (χ1v) is 10.7. The fraction of sp³-hybridized carbons (Fsp3) is 0.583. The zero-order chi connectivity index (χ0) is 20.8. The van der Waals surface area contributed by atoms with Crippen LogP contribution in [-0.2, 0) is 11.2 Å². The Kier molecular flexibility index (Phi) is 7.62. The van der Waals surface area contributed by atoms with Gasteiger partial charge in [0.1, 0.15) is 0 Å². The lowest BCUT2D eigenvalue weighted by molar-refractivity contribution is 0.188. The number of ether oxygens (including phenoxy) is 1. The van der Waals surface area contributed by atoms with Gasteiger partial charge < -0.3 is 14.5 Å². The van der Waals surface area contributed by atoms with Crippen LogP contribution in [0.25, 0.3) is 11.5 Å². The van der Waals surface area contributed by atoms with Gasteiger partial charge in [-0.3, -0.25) is 0 Å². The topological polar surface area (TPSA) is 60.2 Å². The van der Waals surface area contributed by atoms with E-state index in [0.717, 1.165) is 37.6 Å². The van der Waals surface area contributed by atoms with Gasteiger partial charge in [-0.05, 0) is 56.1 Å². The predicted octanol–water partition coefficient (Wildman–Crippen LogP) is 4.68. The molecule has 0 amide bonds. The summed E-state index contributed by atoms with van der Waals surface area (Å²) in [5.74, 6) is 3.66. The van der Waals surface area contributed by atoms with Gasteiger partial charge in [0.05, 0.1) is 6.61 Å². The molecule has 2 aromatic rings. The van der Waals surface area contributed by atoms with Crippen molar-refractivity contribution in [2.75, 3.05) is 26.8 Å². The van der Waals surface area contributed by atoms with Crippen LogP contribution in [0.5, 0.6) is 0 Å². The standard InChI is InChI=1S/C24H35N3O2/c1-16(2)22-13-20(18(4)12-21(22)15-25-10-11-28-5)14-23-26-27-24(29-23)19-8-6-17(3)7-9-19/h6-9,12,16,20-22,25H,10-11,13-15H2,1-5H3. The van der Waals surface area contributed by atoms with Crippen molar-refractivity contribution < 1.29 is 9.15 Å². The number of methoxy groups -OCH3 is 1. The van der Waals surface area contributed by atoms with Crippen molar-refractivity contribution >= 4 is 0 Å². The van der Waals surface area contributed by atoms with Gasteiger partial charge in [-0.2, -0.15) is 0 Å². The summed E-state index contributed by atoms with van der Waals surface area (Å²) < 4.78 is 11.1. The summed E-state index contributed by atoms with van der Waals surface area (Å²) in [5.41, 5.74) is 3.64. The lowest BCUT2D eigenvalue weighted by Gasteiger charge is -2.37. The molecule has 0 saturated carbocycles. The first-order valence-electron chi connectivity index (χ1n) is 10.7. The number of aromatic nitrogens is 2. The van der Waals surface area contributed by atoms with Gasteiger partial charge in [0.2, 0.25) is 11.8 Å². The molecule has 0 radical (unpaired) electrons. The van der Waals surface area contributed by atoms with Crippen molar-refractivity contribution in [3.63, 3.8) is 0 Å². The highest BCUT2D eigenvalue weighted by Gasteiger charge is 2.32. The molecule has 158 valence electrons. The molecule has 29 heavy (non-hydrogen) atoms. The molecule has 1 aliphatic carbocycles. The molecule has 1 N–H and O–H groups in total. The normalized spacial score (nSPS) is 22.1. The van der Waals surface area contributed by atoms with Crippen LogP contribution in [0, 0.1) is 30.6 Å². The Morgan fingerprint density at radius 1 is 1.17 bits per heavy atom. The summed E-state index contributed by atoms with van der Waals surface area (Å²) in [4.78, 5) is 0. The Morgan fingerprint density at radius 2 is 1.93 bits per heavy atom. The summed E-state index contributed by atoms with van der Waals surface area (Å²) in [6, 6.07) is 8.21. The number of aryl methyl sites for hydroxylation is 1. The SMILES string of the molecule is COCCNCC1C=C(C)C(Cc2nnc(-c3ccc(C)cc3)o2)CC1C(C)C. The van der Waals surface area contributed by atoms with Gasteiger partial charge in [-0.1, -0.05) is 43.2 Å². The van der Waals surface area contributed by atoms with Crippen molar-refractivity contribution in [2.45, 2.75) is 40.5 Å². The van der Waals surface area contributed by atoms with E-state index in [-0.39, 0.29) is 0 Å². The van der Waals surface area contributed by atoms with Crippen LogP contribution < -0.4 is 5.32 Å². The van der Waals surface area contributed by atoms with Crippen LogP contribution in [0.3, 0.4) is 0 Å². The maximum atomic E-state index is 6.00. The van der Waals surface area contributed by atoms with E-state index < -0.39 is 0 Å². The highest BCUT2D eigenvalue weighted by Crippen LogP contribution is 2.38. The molecule has 1 aromatic heterocycles. The minimum absolute atomic E-state index is 0.462. The quantitative estimate of drug-likeness (QED) is 0.492. The molecular weight excluding hydrogens is 362 g/mol. The van der Waals surface area contributed by atoms with Crippen molar-refractivity contribution in [3.05, 3.63) is 47.4 Å². The van der Waals surface area contributed by atoms with E-state index in [1.54, 1.807) is 7.11 Å². The monoisotopic (exact) mass is 397 g/mol.